The molecule has 0 bridgehead atoms. The van der Waals surface area contributed by atoms with E-state index in [-0.39, 0.29) is 5.69 Å². The van der Waals surface area contributed by atoms with Crippen molar-refractivity contribution in [2.24, 2.45) is 4.99 Å². The highest BCUT2D eigenvalue weighted by atomic mass is 32.2. The predicted octanol–water partition coefficient (Wildman–Crippen LogP) is 5.42. The maximum absolute atomic E-state index is 13.3. The van der Waals surface area contributed by atoms with E-state index in [2.05, 4.69) is 4.99 Å². The van der Waals surface area contributed by atoms with Crippen molar-refractivity contribution < 1.29 is 21.8 Å². The number of alkyl halides is 3. The third-order valence-corrected chi connectivity index (χ3v) is 5.06. The fourth-order valence-electron chi connectivity index (χ4n) is 2.45. The zero-order chi connectivity index (χ0) is 18.7. The lowest BCUT2D eigenvalue weighted by Crippen LogP contribution is -2.28. The van der Waals surface area contributed by atoms with Crippen molar-refractivity contribution in [2.75, 3.05) is 5.75 Å². The normalized spacial score (nSPS) is 13.8. The van der Waals surface area contributed by atoms with Crippen molar-refractivity contribution in [1.82, 2.24) is 0 Å². The van der Waals surface area contributed by atoms with E-state index in [0.29, 0.717) is 10.3 Å². The Morgan fingerprint density at radius 3 is 2.27 bits per heavy atom. The van der Waals surface area contributed by atoms with Crippen molar-refractivity contribution in [3.8, 4) is 0 Å². The zero-order valence-corrected chi connectivity index (χ0v) is 14.2. The first-order valence-corrected chi connectivity index (χ1v) is 8.93. The van der Waals surface area contributed by atoms with Gasteiger partial charge in [-0.2, -0.15) is 13.2 Å². The van der Waals surface area contributed by atoms with Gasteiger partial charge in [-0.25, -0.2) is 9.38 Å². The highest BCUT2D eigenvalue weighted by Crippen LogP contribution is 2.26. The van der Waals surface area contributed by atoms with Gasteiger partial charge in [-0.1, -0.05) is 36.4 Å². The molecule has 0 aliphatic heterocycles. The molecule has 0 amide bonds. The van der Waals surface area contributed by atoms with E-state index in [0.717, 1.165) is 29.7 Å². The summed E-state index contributed by atoms with van der Waals surface area (Å²) in [5, 5.41) is 1.43. The minimum atomic E-state index is -4.74. The molecule has 0 N–H and O–H groups in total. The van der Waals surface area contributed by atoms with Crippen LogP contribution >= 0.6 is 0 Å². The van der Waals surface area contributed by atoms with Crippen LogP contribution in [0.5, 0.6) is 0 Å². The molecule has 0 saturated carbocycles. The summed E-state index contributed by atoms with van der Waals surface area (Å²) in [6, 6.07) is 16.4. The summed E-state index contributed by atoms with van der Waals surface area (Å²) in [5.74, 6) is -1.36. The molecule has 0 radical (unpaired) electrons. The van der Waals surface area contributed by atoms with E-state index >= 15 is 0 Å². The molecule has 0 heterocycles. The molecule has 0 saturated heterocycles. The fraction of sp³-hybridized carbons (Fsp3) is 0.105. The number of aliphatic imine (C=N–C) groups is 1. The minimum Gasteiger partial charge on any atom is -0.254 e. The maximum Gasteiger partial charge on any atom is 0.430 e. The van der Waals surface area contributed by atoms with Gasteiger partial charge in [0.2, 0.25) is 0 Å². The Bertz CT molecular complexity index is 975. The Hall–Kier alpha value is -2.54. The van der Waals surface area contributed by atoms with Gasteiger partial charge in [0.1, 0.15) is 11.5 Å². The molecule has 0 aliphatic carbocycles. The van der Waals surface area contributed by atoms with E-state index < -0.39 is 34.3 Å². The average molecular weight is 379 g/mol. The first-order chi connectivity index (χ1) is 12.3. The van der Waals surface area contributed by atoms with Gasteiger partial charge >= 0.3 is 6.18 Å². The van der Waals surface area contributed by atoms with Crippen molar-refractivity contribution in [3.63, 3.8) is 0 Å². The number of benzene rings is 3. The van der Waals surface area contributed by atoms with Crippen LogP contribution in [0.15, 0.2) is 76.6 Å². The van der Waals surface area contributed by atoms with Crippen molar-refractivity contribution in [3.05, 3.63) is 72.5 Å². The molecule has 3 aromatic carbocycles. The van der Waals surface area contributed by atoms with Gasteiger partial charge in [0, 0.05) is 4.90 Å². The lowest BCUT2D eigenvalue weighted by Gasteiger charge is -2.12. The molecule has 1 atom stereocenters. The molecular weight excluding hydrogens is 366 g/mol. The zero-order valence-electron chi connectivity index (χ0n) is 13.3. The van der Waals surface area contributed by atoms with Crippen molar-refractivity contribution in [1.29, 1.82) is 0 Å². The van der Waals surface area contributed by atoms with Crippen LogP contribution in [-0.4, -0.2) is 21.8 Å². The number of nitrogens with zero attached hydrogens (tertiary/aromatic N) is 1. The molecule has 0 aliphatic rings. The minimum absolute atomic E-state index is 0.0476. The number of rotatable bonds is 4. The SMILES string of the molecule is O=S(CC(=Nc1ccc(F)cc1)C(F)(F)F)c1cccc2ccccc12. The highest BCUT2D eigenvalue weighted by molar-refractivity contribution is 7.86. The summed E-state index contributed by atoms with van der Waals surface area (Å²) in [6.07, 6.45) is -4.74. The molecule has 1 unspecified atom stereocenters. The van der Waals surface area contributed by atoms with Crippen LogP contribution < -0.4 is 0 Å². The van der Waals surface area contributed by atoms with Crippen LogP contribution in [0, 0.1) is 5.82 Å². The number of halogens is 4. The smallest absolute Gasteiger partial charge is 0.254 e. The van der Waals surface area contributed by atoms with E-state index in [1.807, 2.05) is 0 Å². The Kier molecular flexibility index (Phi) is 5.18. The van der Waals surface area contributed by atoms with Gasteiger partial charge in [0.25, 0.3) is 0 Å². The Balaban J connectivity index is 1.96. The fourth-order valence-corrected chi connectivity index (χ4v) is 3.74. The van der Waals surface area contributed by atoms with Gasteiger partial charge in [0.05, 0.1) is 22.2 Å². The molecule has 0 spiro atoms. The van der Waals surface area contributed by atoms with Gasteiger partial charge in [-0.15, -0.1) is 0 Å². The van der Waals surface area contributed by atoms with Crippen LogP contribution in [0.4, 0.5) is 23.2 Å². The lowest BCUT2D eigenvalue weighted by atomic mass is 10.1. The Morgan fingerprint density at radius 2 is 1.58 bits per heavy atom. The maximum atomic E-state index is 13.3. The molecule has 134 valence electrons. The van der Waals surface area contributed by atoms with E-state index in [1.54, 1.807) is 42.5 Å². The van der Waals surface area contributed by atoms with Crippen LogP contribution in [-0.2, 0) is 10.8 Å². The molecule has 0 fully saturated rings. The first kappa shape index (κ1) is 18.3. The molecule has 26 heavy (non-hydrogen) atoms. The summed E-state index contributed by atoms with van der Waals surface area (Å²) in [7, 11) is -1.94. The Morgan fingerprint density at radius 1 is 0.923 bits per heavy atom. The largest absolute Gasteiger partial charge is 0.430 e. The number of hydrogen-bond acceptors (Lipinski definition) is 2. The summed E-state index contributed by atoms with van der Waals surface area (Å²) >= 11 is 0. The van der Waals surface area contributed by atoms with Crippen LogP contribution in [0.2, 0.25) is 0 Å². The van der Waals surface area contributed by atoms with E-state index in [1.165, 1.54) is 0 Å². The Labute approximate surface area is 149 Å². The second-order valence-corrected chi connectivity index (χ2v) is 6.92. The van der Waals surface area contributed by atoms with Gasteiger partial charge in [-0.05, 0) is 41.1 Å². The van der Waals surface area contributed by atoms with Crippen molar-refractivity contribution >= 4 is 33.0 Å². The van der Waals surface area contributed by atoms with Gasteiger partial charge in [0.15, 0.2) is 0 Å². The second kappa shape index (κ2) is 7.37. The quantitative estimate of drug-likeness (QED) is 0.440. The topological polar surface area (TPSA) is 29.4 Å². The number of fused-ring (bicyclic) bond motifs is 1. The third-order valence-electron chi connectivity index (χ3n) is 3.68. The van der Waals surface area contributed by atoms with E-state index in [4.69, 9.17) is 0 Å². The summed E-state index contributed by atoms with van der Waals surface area (Å²) in [4.78, 5) is 3.87. The monoisotopic (exact) mass is 379 g/mol. The van der Waals surface area contributed by atoms with Crippen LogP contribution in [0.25, 0.3) is 10.8 Å². The lowest BCUT2D eigenvalue weighted by molar-refractivity contribution is -0.0589. The molecular formula is C19H13F4NOS. The van der Waals surface area contributed by atoms with Gasteiger partial charge in [-0.3, -0.25) is 4.21 Å². The second-order valence-electron chi connectivity index (χ2n) is 5.50. The average Bonchev–Trinajstić information content (AvgIpc) is 2.61. The van der Waals surface area contributed by atoms with Crippen LogP contribution in [0.3, 0.4) is 0 Å². The van der Waals surface area contributed by atoms with Crippen LogP contribution in [0.1, 0.15) is 0 Å². The van der Waals surface area contributed by atoms with Crippen molar-refractivity contribution in [2.45, 2.75) is 11.1 Å². The molecule has 7 heteroatoms. The first-order valence-electron chi connectivity index (χ1n) is 7.61. The molecule has 0 aromatic heterocycles. The molecule has 3 aromatic rings. The molecule has 2 nitrogen and oxygen atoms in total. The summed E-state index contributed by atoms with van der Waals surface area (Å²) < 4.78 is 65.6. The van der Waals surface area contributed by atoms with Gasteiger partial charge < -0.3 is 0 Å². The standard InChI is InChI=1S/C19H13F4NOS/c20-14-8-10-15(11-9-14)24-18(19(21,22)23)12-26(25)17-7-3-5-13-4-1-2-6-16(13)17/h1-11H,12H2. The molecule has 3 rings (SSSR count). The summed E-state index contributed by atoms with van der Waals surface area (Å²) in [6.45, 7) is 0. The van der Waals surface area contributed by atoms with E-state index in [9.17, 15) is 21.8 Å². The summed E-state index contributed by atoms with van der Waals surface area (Å²) in [5.41, 5.74) is -1.22. The third kappa shape index (κ3) is 4.16. The predicted molar refractivity (Wildman–Crippen MR) is 94.8 cm³/mol. The highest BCUT2D eigenvalue weighted by Gasteiger charge is 2.37. The number of hydrogen-bond donors (Lipinski definition) is 0.